The Bertz CT molecular complexity index is 1030. The molecule has 0 saturated carbocycles. The first-order valence-electron chi connectivity index (χ1n) is 9.92. The number of fused-ring (bicyclic) bond motifs is 2. The van der Waals surface area contributed by atoms with E-state index in [0.717, 1.165) is 19.4 Å². The summed E-state index contributed by atoms with van der Waals surface area (Å²) in [5, 5.41) is 5.21. The van der Waals surface area contributed by atoms with E-state index in [1.807, 2.05) is 0 Å². The Morgan fingerprint density at radius 1 is 0.704 bits per heavy atom. The highest BCUT2D eigenvalue weighted by atomic mass is 28.1. The van der Waals surface area contributed by atoms with Crippen LogP contribution in [0.3, 0.4) is 0 Å². The van der Waals surface area contributed by atoms with Gasteiger partial charge in [0.15, 0.2) is 0 Å². The lowest BCUT2D eigenvalue weighted by atomic mass is 9.93. The van der Waals surface area contributed by atoms with Crippen molar-refractivity contribution in [1.29, 1.82) is 0 Å². The van der Waals surface area contributed by atoms with Crippen molar-refractivity contribution in [3.8, 4) is 0 Å². The second kappa shape index (κ2) is 8.51. The van der Waals surface area contributed by atoms with Gasteiger partial charge in [-0.25, -0.2) is 0 Å². The second-order valence-corrected chi connectivity index (χ2v) is 8.12. The molecular weight excluding hydrogens is 344 g/mol. The fourth-order valence-electron chi connectivity index (χ4n) is 3.83. The van der Waals surface area contributed by atoms with Gasteiger partial charge in [-0.2, -0.15) is 0 Å². The van der Waals surface area contributed by atoms with Crippen LogP contribution in [0.5, 0.6) is 0 Å². The predicted molar refractivity (Wildman–Crippen MR) is 120 cm³/mol. The minimum atomic E-state index is 0.0788. The van der Waals surface area contributed by atoms with Crippen molar-refractivity contribution in [2.75, 3.05) is 6.61 Å². The highest BCUT2D eigenvalue weighted by Gasteiger charge is 2.17. The van der Waals surface area contributed by atoms with Crippen LogP contribution in [0.1, 0.15) is 23.7 Å². The maximum Gasteiger partial charge on any atom is 0.0871 e. The van der Waals surface area contributed by atoms with Crippen molar-refractivity contribution in [1.82, 2.24) is 0 Å². The number of benzene rings is 4. The molecule has 0 N–H and O–H groups in total. The molecule has 0 saturated heterocycles. The smallest absolute Gasteiger partial charge is 0.0871 e. The van der Waals surface area contributed by atoms with Gasteiger partial charge in [0.2, 0.25) is 0 Å². The minimum Gasteiger partial charge on any atom is -0.373 e. The highest BCUT2D eigenvalue weighted by Crippen LogP contribution is 2.31. The lowest BCUT2D eigenvalue weighted by Gasteiger charge is -2.21. The second-order valence-electron chi connectivity index (χ2n) is 7.12. The first kappa shape index (κ1) is 18.0. The van der Waals surface area contributed by atoms with Crippen molar-refractivity contribution >= 4 is 31.8 Å². The van der Waals surface area contributed by atoms with Gasteiger partial charge in [-0.05, 0) is 39.1 Å². The molecule has 0 spiro atoms. The van der Waals surface area contributed by atoms with E-state index < -0.39 is 0 Å². The normalized spacial score (nSPS) is 12.6. The van der Waals surface area contributed by atoms with Crippen LogP contribution in [0.15, 0.2) is 84.9 Å². The Morgan fingerprint density at radius 2 is 1.33 bits per heavy atom. The molecular formula is C25H26OSi. The van der Waals surface area contributed by atoms with Crippen LogP contribution < -0.4 is 0 Å². The van der Waals surface area contributed by atoms with Crippen LogP contribution in [-0.2, 0) is 11.2 Å². The molecule has 0 heterocycles. The molecule has 0 fully saturated rings. The zero-order valence-corrected chi connectivity index (χ0v) is 17.9. The number of hydrogen-bond donors (Lipinski definition) is 0. The number of hydrogen-bond acceptors (Lipinski definition) is 1. The van der Waals surface area contributed by atoms with E-state index in [2.05, 4.69) is 84.9 Å². The van der Waals surface area contributed by atoms with Gasteiger partial charge in [0.25, 0.3) is 0 Å². The zero-order chi connectivity index (χ0) is 18.5. The van der Waals surface area contributed by atoms with E-state index in [4.69, 9.17) is 4.74 Å². The third-order valence-corrected chi connectivity index (χ3v) is 5.98. The molecule has 0 bridgehead atoms. The quantitative estimate of drug-likeness (QED) is 0.310. The SMILES string of the molecule is [SiH3]CCCOC(Cc1cccc2ccccc12)c1cccc2ccccc12. The topological polar surface area (TPSA) is 9.23 Å². The molecule has 4 aromatic rings. The van der Waals surface area contributed by atoms with E-state index in [-0.39, 0.29) is 6.10 Å². The summed E-state index contributed by atoms with van der Waals surface area (Å²) >= 11 is 0. The van der Waals surface area contributed by atoms with Crippen molar-refractivity contribution < 1.29 is 4.74 Å². The van der Waals surface area contributed by atoms with Crippen LogP contribution in [0, 0.1) is 0 Å². The van der Waals surface area contributed by atoms with Gasteiger partial charge < -0.3 is 4.74 Å². The maximum atomic E-state index is 6.45. The molecule has 0 radical (unpaired) electrons. The highest BCUT2D eigenvalue weighted by molar-refractivity contribution is 6.08. The number of ether oxygens (including phenoxy) is 1. The molecule has 136 valence electrons. The van der Waals surface area contributed by atoms with Crippen molar-refractivity contribution in [2.24, 2.45) is 0 Å². The summed E-state index contributed by atoms with van der Waals surface area (Å²) in [6, 6.07) is 31.7. The summed E-state index contributed by atoms with van der Waals surface area (Å²) in [5.41, 5.74) is 2.66. The number of rotatable bonds is 7. The summed E-state index contributed by atoms with van der Waals surface area (Å²) in [5.74, 6) is 0. The van der Waals surface area contributed by atoms with Gasteiger partial charge in [0, 0.05) is 23.3 Å². The molecule has 0 aliphatic carbocycles. The summed E-state index contributed by atoms with van der Waals surface area (Å²) in [4.78, 5) is 0. The molecule has 0 aliphatic rings. The van der Waals surface area contributed by atoms with Gasteiger partial charge in [-0.15, -0.1) is 0 Å². The first-order valence-corrected chi connectivity index (χ1v) is 11.3. The van der Waals surface area contributed by atoms with Crippen LogP contribution in [-0.4, -0.2) is 16.8 Å². The molecule has 0 amide bonds. The molecule has 2 heteroatoms. The van der Waals surface area contributed by atoms with E-state index >= 15 is 0 Å². The standard InChI is InChI=1S/C25H26OSi/c27-17-7-16-26-25(24-15-6-11-20-9-2-4-14-23(20)24)18-21-12-5-10-19-8-1-3-13-22(19)21/h1-6,8-15,25H,7,16-18H2,27H3. The van der Waals surface area contributed by atoms with Crippen LogP contribution in [0.4, 0.5) is 0 Å². The lowest BCUT2D eigenvalue weighted by Crippen LogP contribution is -2.10. The van der Waals surface area contributed by atoms with Gasteiger partial charge in [0.1, 0.15) is 0 Å². The summed E-state index contributed by atoms with van der Waals surface area (Å²) in [7, 11) is 1.24. The molecule has 1 unspecified atom stereocenters. The van der Waals surface area contributed by atoms with Gasteiger partial charge in [0.05, 0.1) is 6.10 Å². The van der Waals surface area contributed by atoms with Crippen molar-refractivity contribution in [2.45, 2.75) is 25.0 Å². The summed E-state index contributed by atoms with van der Waals surface area (Å²) in [6.07, 6.45) is 2.13. The maximum absolute atomic E-state index is 6.45. The summed E-state index contributed by atoms with van der Waals surface area (Å²) < 4.78 is 6.45. The Balaban J connectivity index is 1.74. The molecule has 1 atom stereocenters. The largest absolute Gasteiger partial charge is 0.373 e. The van der Waals surface area contributed by atoms with Crippen LogP contribution >= 0.6 is 0 Å². The minimum absolute atomic E-state index is 0.0788. The van der Waals surface area contributed by atoms with Crippen LogP contribution in [0.25, 0.3) is 21.5 Å². The van der Waals surface area contributed by atoms with Gasteiger partial charge in [-0.1, -0.05) is 91.0 Å². The third kappa shape index (κ3) is 3.97. The van der Waals surface area contributed by atoms with E-state index in [9.17, 15) is 0 Å². The fraction of sp³-hybridized carbons (Fsp3) is 0.200. The van der Waals surface area contributed by atoms with Gasteiger partial charge >= 0.3 is 0 Å². The van der Waals surface area contributed by atoms with E-state index in [0.29, 0.717) is 0 Å². The molecule has 1 nitrogen and oxygen atoms in total. The Labute approximate surface area is 164 Å². The van der Waals surface area contributed by atoms with Crippen LogP contribution in [0.2, 0.25) is 6.04 Å². The van der Waals surface area contributed by atoms with E-state index in [1.165, 1.54) is 49.0 Å². The Morgan fingerprint density at radius 3 is 2.11 bits per heavy atom. The average Bonchev–Trinajstić information content (AvgIpc) is 2.73. The van der Waals surface area contributed by atoms with Crippen molar-refractivity contribution in [3.05, 3.63) is 96.1 Å². The molecule has 4 aromatic carbocycles. The third-order valence-electron chi connectivity index (χ3n) is 5.27. The molecule has 0 aliphatic heterocycles. The predicted octanol–water partition coefficient (Wildman–Crippen LogP) is 5.47. The molecule has 27 heavy (non-hydrogen) atoms. The lowest BCUT2D eigenvalue weighted by molar-refractivity contribution is 0.0546. The average molecular weight is 371 g/mol. The monoisotopic (exact) mass is 370 g/mol. The molecule has 0 aromatic heterocycles. The Kier molecular flexibility index (Phi) is 5.66. The molecule has 4 rings (SSSR count). The Hall–Kier alpha value is -2.42. The zero-order valence-electron chi connectivity index (χ0n) is 15.9. The summed E-state index contributed by atoms with van der Waals surface area (Å²) in [6.45, 7) is 0.835. The van der Waals surface area contributed by atoms with Gasteiger partial charge in [-0.3, -0.25) is 0 Å². The fourth-order valence-corrected chi connectivity index (χ4v) is 4.12. The van der Waals surface area contributed by atoms with Crippen molar-refractivity contribution in [3.63, 3.8) is 0 Å². The first-order chi connectivity index (χ1) is 13.4. The van der Waals surface area contributed by atoms with E-state index in [1.54, 1.807) is 0 Å².